The highest BCUT2D eigenvalue weighted by Crippen LogP contribution is 2.31. The number of hydrogen-bond acceptors (Lipinski definition) is 4. The van der Waals surface area contributed by atoms with Gasteiger partial charge in [-0.15, -0.1) is 24.0 Å². The normalized spacial score (nSPS) is 20.3. The van der Waals surface area contributed by atoms with E-state index in [1.165, 1.54) is 19.3 Å². The van der Waals surface area contributed by atoms with Gasteiger partial charge in [0, 0.05) is 45.9 Å². The first kappa shape index (κ1) is 27.4. The predicted molar refractivity (Wildman–Crippen MR) is 135 cm³/mol. The van der Waals surface area contributed by atoms with Crippen LogP contribution in [0.4, 0.5) is 0 Å². The zero-order valence-electron chi connectivity index (χ0n) is 19.3. The van der Waals surface area contributed by atoms with Gasteiger partial charge in [0.1, 0.15) is 0 Å². The summed E-state index contributed by atoms with van der Waals surface area (Å²) in [6, 6.07) is 0.398. The van der Waals surface area contributed by atoms with Crippen LogP contribution in [0.3, 0.4) is 0 Å². The standard InChI is InChI=1S/C22H43N5O2.HI/c1-4-13-24-20(28)17-27-14-9-19(10-15-27)26-21(23-3)25-18-22(29-16-5-2)11-7-6-8-12-22;/h19H,4-18H2,1-3H3,(H,24,28)(H2,23,25,26);1H. The minimum absolute atomic E-state index is 0. The summed E-state index contributed by atoms with van der Waals surface area (Å²) in [6.07, 6.45) is 10.2. The number of halogens is 1. The Morgan fingerprint density at radius 1 is 1.10 bits per heavy atom. The van der Waals surface area contributed by atoms with Gasteiger partial charge >= 0.3 is 0 Å². The van der Waals surface area contributed by atoms with Crippen molar-refractivity contribution in [3.05, 3.63) is 0 Å². The number of amides is 1. The van der Waals surface area contributed by atoms with Gasteiger partial charge in [-0.1, -0.05) is 33.1 Å². The lowest BCUT2D eigenvalue weighted by atomic mass is 9.84. The van der Waals surface area contributed by atoms with Crippen LogP contribution in [0.25, 0.3) is 0 Å². The van der Waals surface area contributed by atoms with Crippen LogP contribution in [-0.2, 0) is 9.53 Å². The van der Waals surface area contributed by atoms with E-state index in [2.05, 4.69) is 39.7 Å². The number of nitrogens with one attached hydrogen (secondary N) is 3. The molecule has 0 bridgehead atoms. The summed E-state index contributed by atoms with van der Waals surface area (Å²) in [7, 11) is 1.84. The summed E-state index contributed by atoms with van der Waals surface area (Å²) in [5.41, 5.74) is -0.0406. The van der Waals surface area contributed by atoms with E-state index >= 15 is 0 Å². The van der Waals surface area contributed by atoms with E-state index < -0.39 is 0 Å². The van der Waals surface area contributed by atoms with Crippen molar-refractivity contribution in [2.75, 3.05) is 46.4 Å². The first-order valence-corrected chi connectivity index (χ1v) is 11.7. The third-order valence-electron chi connectivity index (χ3n) is 6.05. The van der Waals surface area contributed by atoms with E-state index in [1.807, 2.05) is 7.05 Å². The van der Waals surface area contributed by atoms with Gasteiger partial charge in [-0.3, -0.25) is 14.7 Å². The molecule has 0 aromatic heterocycles. The third kappa shape index (κ3) is 9.68. The zero-order chi connectivity index (χ0) is 21.0. The molecule has 0 aromatic rings. The van der Waals surface area contributed by atoms with Gasteiger partial charge in [-0.05, 0) is 38.5 Å². The number of likely N-dealkylation sites (tertiary alicyclic amines) is 1. The highest BCUT2D eigenvalue weighted by molar-refractivity contribution is 14.0. The fourth-order valence-corrected chi connectivity index (χ4v) is 4.28. The van der Waals surface area contributed by atoms with Crippen LogP contribution in [0.2, 0.25) is 0 Å². The van der Waals surface area contributed by atoms with E-state index in [0.717, 1.165) is 77.3 Å². The van der Waals surface area contributed by atoms with E-state index in [4.69, 9.17) is 4.74 Å². The van der Waals surface area contributed by atoms with Crippen molar-refractivity contribution in [2.45, 2.75) is 83.3 Å². The van der Waals surface area contributed by atoms with E-state index in [9.17, 15) is 4.79 Å². The topological polar surface area (TPSA) is 78.0 Å². The van der Waals surface area contributed by atoms with Crippen LogP contribution in [0, 0.1) is 0 Å². The molecule has 0 unspecified atom stereocenters. The quantitative estimate of drug-likeness (QED) is 0.227. The maximum atomic E-state index is 11.9. The van der Waals surface area contributed by atoms with Gasteiger partial charge in [0.15, 0.2) is 5.96 Å². The number of carbonyl (C=O) groups is 1. The van der Waals surface area contributed by atoms with Crippen LogP contribution < -0.4 is 16.0 Å². The minimum Gasteiger partial charge on any atom is -0.373 e. The lowest BCUT2D eigenvalue weighted by molar-refractivity contribution is -0.122. The first-order valence-electron chi connectivity index (χ1n) is 11.7. The Balaban J connectivity index is 0.00000450. The Morgan fingerprint density at radius 2 is 1.80 bits per heavy atom. The Labute approximate surface area is 200 Å². The number of rotatable bonds is 10. The van der Waals surface area contributed by atoms with Crippen molar-refractivity contribution < 1.29 is 9.53 Å². The molecule has 1 amide bonds. The van der Waals surface area contributed by atoms with E-state index in [0.29, 0.717) is 12.6 Å². The van der Waals surface area contributed by atoms with Crippen molar-refractivity contribution >= 4 is 35.8 Å². The second-order valence-electron chi connectivity index (χ2n) is 8.56. The lowest BCUT2D eigenvalue weighted by Crippen LogP contribution is -2.53. The molecule has 2 fully saturated rings. The summed E-state index contributed by atoms with van der Waals surface area (Å²) in [4.78, 5) is 18.6. The third-order valence-corrected chi connectivity index (χ3v) is 6.05. The molecule has 0 spiro atoms. The molecule has 7 nitrogen and oxygen atoms in total. The van der Waals surface area contributed by atoms with Crippen molar-refractivity contribution in [3.8, 4) is 0 Å². The fourth-order valence-electron chi connectivity index (χ4n) is 4.28. The molecule has 1 saturated heterocycles. The molecule has 30 heavy (non-hydrogen) atoms. The summed E-state index contributed by atoms with van der Waals surface area (Å²) in [5, 5.41) is 10.1. The van der Waals surface area contributed by atoms with Crippen LogP contribution >= 0.6 is 24.0 Å². The zero-order valence-corrected chi connectivity index (χ0v) is 21.6. The predicted octanol–water partition coefficient (Wildman–Crippen LogP) is 2.89. The highest BCUT2D eigenvalue weighted by atomic mass is 127. The molecule has 0 aromatic carbocycles. The maximum absolute atomic E-state index is 11.9. The van der Waals surface area contributed by atoms with E-state index in [-0.39, 0.29) is 35.5 Å². The highest BCUT2D eigenvalue weighted by Gasteiger charge is 2.33. The Kier molecular flexibility index (Phi) is 13.9. The summed E-state index contributed by atoms with van der Waals surface area (Å²) in [5.74, 6) is 1.01. The second-order valence-corrected chi connectivity index (χ2v) is 8.56. The largest absolute Gasteiger partial charge is 0.373 e. The molecule has 2 rings (SSSR count). The van der Waals surface area contributed by atoms with Crippen molar-refractivity contribution in [1.29, 1.82) is 0 Å². The molecule has 1 heterocycles. The van der Waals surface area contributed by atoms with Crippen molar-refractivity contribution in [3.63, 3.8) is 0 Å². The second kappa shape index (κ2) is 15.2. The van der Waals surface area contributed by atoms with Crippen LogP contribution in [-0.4, -0.2) is 74.8 Å². The average molecular weight is 538 g/mol. The van der Waals surface area contributed by atoms with Crippen molar-refractivity contribution in [1.82, 2.24) is 20.9 Å². The molecule has 1 saturated carbocycles. The molecule has 2 aliphatic rings. The van der Waals surface area contributed by atoms with Crippen LogP contribution in [0.1, 0.15) is 71.6 Å². The monoisotopic (exact) mass is 537 g/mol. The molecule has 3 N–H and O–H groups in total. The number of piperidine rings is 1. The van der Waals surface area contributed by atoms with Crippen LogP contribution in [0.15, 0.2) is 4.99 Å². The van der Waals surface area contributed by atoms with Gasteiger partial charge < -0.3 is 20.7 Å². The number of ether oxygens (including phenoxy) is 1. The number of guanidine groups is 1. The number of aliphatic imine (C=N–C) groups is 1. The minimum atomic E-state index is -0.0406. The Hall–Kier alpha value is -0.610. The van der Waals surface area contributed by atoms with Crippen molar-refractivity contribution in [2.24, 2.45) is 4.99 Å². The van der Waals surface area contributed by atoms with E-state index in [1.54, 1.807) is 0 Å². The molecule has 8 heteroatoms. The Morgan fingerprint density at radius 3 is 2.40 bits per heavy atom. The molecule has 0 atom stereocenters. The molecule has 1 aliphatic heterocycles. The SMILES string of the molecule is CCCNC(=O)CN1CCC(NC(=NC)NCC2(OCCC)CCCCC2)CC1.I. The molecule has 1 aliphatic carbocycles. The van der Waals surface area contributed by atoms with Gasteiger partial charge in [-0.2, -0.15) is 0 Å². The van der Waals surface area contributed by atoms with Gasteiger partial charge in [0.25, 0.3) is 0 Å². The summed E-state index contributed by atoms with van der Waals surface area (Å²) >= 11 is 0. The smallest absolute Gasteiger partial charge is 0.234 e. The van der Waals surface area contributed by atoms with Crippen LogP contribution in [0.5, 0.6) is 0 Å². The molecule has 0 radical (unpaired) electrons. The number of carbonyl (C=O) groups excluding carboxylic acids is 1. The average Bonchev–Trinajstić information content (AvgIpc) is 2.75. The molecular weight excluding hydrogens is 493 g/mol. The molecule has 176 valence electrons. The number of hydrogen-bond donors (Lipinski definition) is 3. The van der Waals surface area contributed by atoms with Gasteiger partial charge in [0.2, 0.25) is 5.91 Å². The Bertz CT molecular complexity index is 504. The molecular formula is C22H44IN5O2. The van der Waals surface area contributed by atoms with Gasteiger partial charge in [0.05, 0.1) is 12.1 Å². The summed E-state index contributed by atoms with van der Waals surface area (Å²) in [6.45, 7) is 9.06. The maximum Gasteiger partial charge on any atom is 0.234 e. The first-order chi connectivity index (χ1) is 14.1. The van der Waals surface area contributed by atoms with Gasteiger partial charge in [-0.25, -0.2) is 0 Å². The summed E-state index contributed by atoms with van der Waals surface area (Å²) < 4.78 is 6.29. The number of nitrogens with zero attached hydrogens (tertiary/aromatic N) is 2. The fraction of sp³-hybridized carbons (Fsp3) is 0.909. The lowest BCUT2D eigenvalue weighted by Gasteiger charge is -2.38.